The van der Waals surface area contributed by atoms with E-state index in [2.05, 4.69) is 10.4 Å². The minimum Gasteiger partial charge on any atom is -0.310 e. The summed E-state index contributed by atoms with van der Waals surface area (Å²) in [5.41, 5.74) is 1.06. The lowest BCUT2D eigenvalue weighted by Crippen LogP contribution is -2.35. The maximum Gasteiger partial charge on any atom is 0.252 e. The van der Waals surface area contributed by atoms with Gasteiger partial charge in [-0.1, -0.05) is 54.1 Å². The Labute approximate surface area is 188 Å². The Morgan fingerprint density at radius 1 is 1.13 bits per heavy atom. The first-order chi connectivity index (χ1) is 14.8. The first-order valence-electron chi connectivity index (χ1n) is 9.34. The average Bonchev–Trinajstić information content (AvgIpc) is 3.37. The van der Waals surface area contributed by atoms with Gasteiger partial charge < -0.3 is 5.32 Å². The predicted molar refractivity (Wildman–Crippen MR) is 123 cm³/mol. The smallest absolute Gasteiger partial charge is 0.252 e. The Morgan fingerprint density at radius 2 is 1.90 bits per heavy atom. The van der Waals surface area contributed by atoms with Crippen LogP contribution in [0, 0.1) is 0 Å². The zero-order valence-electron chi connectivity index (χ0n) is 16.5. The van der Waals surface area contributed by atoms with E-state index in [0.717, 1.165) is 32.0 Å². The monoisotopic (exact) mass is 474 g/mol. The SMILES string of the molecule is CN(CC(=O)Nc1ccnn1Cc1cccc2ccccc12)S(=O)(=O)c1ccc(Cl)s1. The highest BCUT2D eigenvalue weighted by Gasteiger charge is 2.25. The van der Waals surface area contributed by atoms with E-state index in [1.54, 1.807) is 16.9 Å². The molecule has 4 aromatic rings. The number of thiophene rings is 1. The number of hydrogen-bond acceptors (Lipinski definition) is 5. The van der Waals surface area contributed by atoms with Crippen LogP contribution in [0.1, 0.15) is 5.56 Å². The van der Waals surface area contributed by atoms with Crippen LogP contribution in [0.15, 0.2) is 71.1 Å². The van der Waals surface area contributed by atoms with E-state index in [4.69, 9.17) is 11.6 Å². The molecule has 10 heteroatoms. The number of rotatable bonds is 7. The molecule has 4 rings (SSSR count). The summed E-state index contributed by atoms with van der Waals surface area (Å²) in [4.78, 5) is 12.5. The van der Waals surface area contributed by atoms with Crippen molar-refractivity contribution in [2.45, 2.75) is 10.8 Å². The van der Waals surface area contributed by atoms with Gasteiger partial charge in [0, 0.05) is 13.1 Å². The second-order valence-electron chi connectivity index (χ2n) is 6.88. The summed E-state index contributed by atoms with van der Waals surface area (Å²) in [7, 11) is -2.43. The summed E-state index contributed by atoms with van der Waals surface area (Å²) in [6.45, 7) is 0.128. The average molecular weight is 475 g/mol. The van der Waals surface area contributed by atoms with Gasteiger partial charge in [-0.25, -0.2) is 13.1 Å². The fraction of sp³-hybridized carbons (Fsp3) is 0.143. The molecule has 31 heavy (non-hydrogen) atoms. The number of benzene rings is 2. The van der Waals surface area contributed by atoms with Crippen LogP contribution < -0.4 is 5.32 Å². The second-order valence-corrected chi connectivity index (χ2v) is 10.9. The number of halogens is 1. The molecule has 0 aliphatic heterocycles. The molecule has 2 aromatic carbocycles. The minimum absolute atomic E-state index is 0.0915. The van der Waals surface area contributed by atoms with Crippen LogP contribution in [0.5, 0.6) is 0 Å². The van der Waals surface area contributed by atoms with Gasteiger partial charge in [-0.3, -0.25) is 4.79 Å². The molecule has 0 bridgehead atoms. The van der Waals surface area contributed by atoms with Crippen LogP contribution >= 0.6 is 22.9 Å². The molecule has 0 atom stereocenters. The highest BCUT2D eigenvalue weighted by molar-refractivity contribution is 7.91. The Balaban J connectivity index is 1.47. The quantitative estimate of drug-likeness (QED) is 0.437. The molecule has 0 aliphatic carbocycles. The summed E-state index contributed by atoms with van der Waals surface area (Å²) in [5, 5.41) is 9.29. The normalized spacial score (nSPS) is 11.8. The number of anilines is 1. The molecule has 1 amide bonds. The fourth-order valence-electron chi connectivity index (χ4n) is 3.22. The molecule has 0 saturated carbocycles. The molecule has 1 N–H and O–H groups in total. The Hall–Kier alpha value is -2.72. The van der Waals surface area contributed by atoms with Crippen molar-refractivity contribution >= 4 is 55.5 Å². The van der Waals surface area contributed by atoms with Crippen molar-refractivity contribution in [1.82, 2.24) is 14.1 Å². The molecule has 2 aromatic heterocycles. The summed E-state index contributed by atoms with van der Waals surface area (Å²) in [5.74, 6) is 0.0243. The number of fused-ring (bicyclic) bond motifs is 1. The van der Waals surface area contributed by atoms with Crippen LogP contribution in [-0.4, -0.2) is 42.0 Å². The van der Waals surface area contributed by atoms with E-state index >= 15 is 0 Å². The molecule has 0 unspecified atom stereocenters. The van der Waals surface area contributed by atoms with E-state index in [0.29, 0.717) is 16.7 Å². The largest absolute Gasteiger partial charge is 0.310 e. The van der Waals surface area contributed by atoms with Gasteiger partial charge in [-0.05, 0) is 28.5 Å². The lowest BCUT2D eigenvalue weighted by Gasteiger charge is -2.16. The van der Waals surface area contributed by atoms with Gasteiger partial charge >= 0.3 is 0 Å². The van der Waals surface area contributed by atoms with Crippen molar-refractivity contribution in [3.05, 3.63) is 76.8 Å². The standard InChI is InChI=1S/C21H19ClN4O3S2/c1-25(31(28,29)21-10-9-18(22)30-21)14-20(27)24-19-11-12-23-26(19)13-16-7-4-6-15-5-2-3-8-17(15)16/h2-12H,13-14H2,1H3,(H,24,27). The number of hydrogen-bond donors (Lipinski definition) is 1. The second kappa shape index (κ2) is 8.80. The van der Waals surface area contributed by atoms with Gasteiger partial charge in [0.15, 0.2) is 0 Å². The van der Waals surface area contributed by atoms with Crippen LogP contribution in [0.2, 0.25) is 4.34 Å². The Bertz CT molecular complexity index is 1340. The number of likely N-dealkylation sites (N-methyl/N-ethyl adjacent to an activating group) is 1. The van der Waals surface area contributed by atoms with Crippen molar-refractivity contribution in [2.24, 2.45) is 0 Å². The van der Waals surface area contributed by atoms with Crippen LogP contribution in [0.4, 0.5) is 5.82 Å². The van der Waals surface area contributed by atoms with Crippen molar-refractivity contribution in [3.8, 4) is 0 Å². The summed E-state index contributed by atoms with van der Waals surface area (Å²) < 4.78 is 28.3. The van der Waals surface area contributed by atoms with Crippen molar-refractivity contribution in [1.29, 1.82) is 0 Å². The van der Waals surface area contributed by atoms with Gasteiger partial charge in [0.25, 0.3) is 10.0 Å². The molecule has 0 saturated heterocycles. The van der Waals surface area contributed by atoms with Crippen molar-refractivity contribution < 1.29 is 13.2 Å². The lowest BCUT2D eigenvalue weighted by atomic mass is 10.0. The zero-order valence-corrected chi connectivity index (χ0v) is 18.9. The van der Waals surface area contributed by atoms with Gasteiger partial charge in [-0.15, -0.1) is 11.3 Å². The maximum atomic E-state index is 12.6. The number of carbonyl (C=O) groups excluding carboxylic acids is 1. The molecular weight excluding hydrogens is 456 g/mol. The summed E-state index contributed by atoms with van der Waals surface area (Å²) in [6.07, 6.45) is 1.59. The molecule has 2 heterocycles. The number of nitrogens with zero attached hydrogens (tertiary/aromatic N) is 3. The topological polar surface area (TPSA) is 84.3 Å². The van der Waals surface area contributed by atoms with Gasteiger partial charge in [0.2, 0.25) is 5.91 Å². The van der Waals surface area contributed by atoms with Gasteiger partial charge in [-0.2, -0.15) is 9.40 Å². The van der Waals surface area contributed by atoms with Crippen molar-refractivity contribution in [3.63, 3.8) is 0 Å². The molecule has 7 nitrogen and oxygen atoms in total. The summed E-state index contributed by atoms with van der Waals surface area (Å²) >= 11 is 6.79. The third kappa shape index (κ3) is 4.64. The van der Waals surface area contributed by atoms with E-state index in [1.807, 2.05) is 42.5 Å². The minimum atomic E-state index is -3.79. The third-order valence-electron chi connectivity index (χ3n) is 4.76. The fourth-order valence-corrected chi connectivity index (χ4v) is 6.04. The summed E-state index contributed by atoms with van der Waals surface area (Å²) in [6, 6.07) is 18.7. The number of amides is 1. The van der Waals surface area contributed by atoms with E-state index in [1.165, 1.54) is 19.2 Å². The van der Waals surface area contributed by atoms with Crippen LogP contribution in [0.25, 0.3) is 10.8 Å². The van der Waals surface area contributed by atoms with Gasteiger partial charge in [0.05, 0.1) is 23.6 Å². The van der Waals surface area contributed by atoms with Gasteiger partial charge in [0.1, 0.15) is 10.0 Å². The number of nitrogens with one attached hydrogen (secondary N) is 1. The molecular formula is C21H19ClN4O3S2. The predicted octanol–water partition coefficient (Wildman–Crippen LogP) is 4.06. The zero-order chi connectivity index (χ0) is 22.0. The highest BCUT2D eigenvalue weighted by Crippen LogP contribution is 2.27. The lowest BCUT2D eigenvalue weighted by molar-refractivity contribution is -0.116. The number of carbonyl (C=O) groups is 1. The van der Waals surface area contributed by atoms with Crippen LogP contribution in [-0.2, 0) is 21.4 Å². The van der Waals surface area contributed by atoms with E-state index in [-0.39, 0.29) is 10.8 Å². The molecule has 0 spiro atoms. The highest BCUT2D eigenvalue weighted by atomic mass is 35.5. The van der Waals surface area contributed by atoms with Crippen molar-refractivity contribution in [2.75, 3.05) is 18.9 Å². The molecule has 0 radical (unpaired) electrons. The molecule has 0 fully saturated rings. The maximum absolute atomic E-state index is 12.6. The van der Waals surface area contributed by atoms with Crippen LogP contribution in [0.3, 0.4) is 0 Å². The number of aromatic nitrogens is 2. The number of sulfonamides is 1. The molecule has 0 aliphatic rings. The van der Waals surface area contributed by atoms with E-state index in [9.17, 15) is 13.2 Å². The Morgan fingerprint density at radius 3 is 2.68 bits per heavy atom. The third-order valence-corrected chi connectivity index (χ3v) is 8.27. The Kier molecular flexibility index (Phi) is 6.10. The van der Waals surface area contributed by atoms with E-state index < -0.39 is 15.9 Å². The first kappa shape index (κ1) is 21.5. The first-order valence-corrected chi connectivity index (χ1v) is 12.0. The molecule has 160 valence electrons.